The van der Waals surface area contributed by atoms with Crippen LogP contribution in [-0.4, -0.2) is 53.5 Å². The van der Waals surface area contributed by atoms with Crippen molar-refractivity contribution in [3.05, 3.63) is 47.5 Å². The molecular weight excluding hydrogens is 418 g/mol. The summed E-state index contributed by atoms with van der Waals surface area (Å²) in [4.78, 5) is 18.9. The van der Waals surface area contributed by atoms with Crippen LogP contribution in [0, 0.1) is 0 Å². The monoisotopic (exact) mass is 435 g/mol. The van der Waals surface area contributed by atoms with Gasteiger partial charge in [0.2, 0.25) is 10.0 Å². The van der Waals surface area contributed by atoms with Crippen molar-refractivity contribution in [2.24, 2.45) is 0 Å². The minimum Gasteiger partial charge on any atom is -0.385 e. The number of carbonyl (C=O) groups excluding carboxylic acids is 1. The molecule has 1 saturated heterocycles. The molecule has 0 saturated carbocycles. The second-order valence-corrected chi connectivity index (χ2v) is 8.93. The summed E-state index contributed by atoms with van der Waals surface area (Å²) in [7, 11) is -3.48. The van der Waals surface area contributed by atoms with E-state index in [4.69, 9.17) is 16.4 Å². The standard InChI is InChI=1S/C18H18ClN5O4S/c19-13-3-8-16-17(11-13)24(22-21-16)28-12-18(25)20-14-4-6-15(7-5-14)29(26,27)23-9-1-2-10-23/h3-8,11H,1-2,9-10,12H2,(H,20,25). The van der Waals surface area contributed by atoms with Gasteiger partial charge in [0, 0.05) is 23.8 Å². The SMILES string of the molecule is O=C(COn1nnc2ccc(Cl)cc21)Nc1ccc(S(=O)(=O)N2CCCC2)cc1. The molecule has 9 nitrogen and oxygen atoms in total. The Kier molecular flexibility index (Phi) is 5.39. The van der Waals surface area contributed by atoms with Gasteiger partial charge < -0.3 is 10.2 Å². The maximum atomic E-state index is 12.5. The first-order chi connectivity index (χ1) is 13.9. The molecule has 152 valence electrons. The highest BCUT2D eigenvalue weighted by Gasteiger charge is 2.26. The number of sulfonamides is 1. The number of benzene rings is 2. The Morgan fingerprint density at radius 2 is 1.86 bits per heavy atom. The van der Waals surface area contributed by atoms with Gasteiger partial charge in [0.25, 0.3) is 5.91 Å². The molecule has 0 unspecified atom stereocenters. The van der Waals surface area contributed by atoms with Crippen LogP contribution in [0.4, 0.5) is 5.69 Å². The van der Waals surface area contributed by atoms with Crippen LogP contribution >= 0.6 is 11.6 Å². The van der Waals surface area contributed by atoms with Crippen LogP contribution < -0.4 is 10.2 Å². The van der Waals surface area contributed by atoms with E-state index in [0.29, 0.717) is 34.8 Å². The normalized spacial score (nSPS) is 14.9. The van der Waals surface area contributed by atoms with Crippen molar-refractivity contribution in [1.29, 1.82) is 0 Å². The summed E-state index contributed by atoms with van der Waals surface area (Å²) in [6.45, 7) is 0.777. The van der Waals surface area contributed by atoms with Gasteiger partial charge in [-0.25, -0.2) is 8.42 Å². The summed E-state index contributed by atoms with van der Waals surface area (Å²) in [6.07, 6.45) is 1.75. The van der Waals surface area contributed by atoms with Crippen molar-refractivity contribution in [2.45, 2.75) is 17.7 Å². The molecule has 0 bridgehead atoms. The van der Waals surface area contributed by atoms with Gasteiger partial charge in [0.15, 0.2) is 6.61 Å². The third-order valence-corrected chi connectivity index (χ3v) is 6.68. The third-order valence-electron chi connectivity index (χ3n) is 4.54. The largest absolute Gasteiger partial charge is 0.385 e. The molecule has 1 N–H and O–H groups in total. The van der Waals surface area contributed by atoms with E-state index in [1.54, 1.807) is 30.3 Å². The number of nitrogens with one attached hydrogen (secondary N) is 1. The van der Waals surface area contributed by atoms with Crippen molar-refractivity contribution >= 4 is 44.3 Å². The Hall–Kier alpha value is -2.69. The summed E-state index contributed by atoms with van der Waals surface area (Å²) in [5, 5.41) is 10.9. The molecule has 11 heteroatoms. The van der Waals surface area contributed by atoms with Gasteiger partial charge >= 0.3 is 0 Å². The number of aromatic nitrogens is 3. The lowest BCUT2D eigenvalue weighted by atomic mass is 10.3. The zero-order chi connectivity index (χ0) is 20.4. The molecular formula is C18H18ClN5O4S. The molecule has 2 aromatic carbocycles. The van der Waals surface area contributed by atoms with Gasteiger partial charge in [-0.2, -0.15) is 4.31 Å². The van der Waals surface area contributed by atoms with Crippen LogP contribution in [0.3, 0.4) is 0 Å². The first-order valence-corrected chi connectivity index (χ1v) is 10.8. The average Bonchev–Trinajstić information content (AvgIpc) is 3.37. The van der Waals surface area contributed by atoms with E-state index in [2.05, 4.69) is 15.6 Å². The smallest absolute Gasteiger partial charge is 0.265 e. The van der Waals surface area contributed by atoms with Gasteiger partial charge in [-0.3, -0.25) is 4.79 Å². The van der Waals surface area contributed by atoms with Crippen molar-refractivity contribution < 1.29 is 18.0 Å². The first-order valence-electron chi connectivity index (χ1n) is 8.98. The maximum Gasteiger partial charge on any atom is 0.265 e. The number of hydrogen-bond acceptors (Lipinski definition) is 6. The number of rotatable bonds is 6. The first kappa shape index (κ1) is 19.6. The highest BCUT2D eigenvalue weighted by atomic mass is 35.5. The molecule has 0 spiro atoms. The highest BCUT2D eigenvalue weighted by Crippen LogP contribution is 2.22. The van der Waals surface area contributed by atoms with E-state index in [1.165, 1.54) is 16.4 Å². The summed E-state index contributed by atoms with van der Waals surface area (Å²) in [5.41, 5.74) is 1.59. The second-order valence-electron chi connectivity index (χ2n) is 6.55. The quantitative estimate of drug-likeness (QED) is 0.634. The second kappa shape index (κ2) is 7.97. The van der Waals surface area contributed by atoms with Gasteiger partial charge in [-0.1, -0.05) is 16.4 Å². The topological polar surface area (TPSA) is 106 Å². The minimum absolute atomic E-state index is 0.208. The van der Waals surface area contributed by atoms with Gasteiger partial charge in [0.05, 0.1) is 4.90 Å². The van der Waals surface area contributed by atoms with E-state index in [1.807, 2.05) is 0 Å². The predicted octanol–water partition coefficient (Wildman–Crippen LogP) is 1.94. The number of halogens is 1. The molecule has 1 aliphatic rings. The fourth-order valence-corrected chi connectivity index (χ4v) is 4.75. The van der Waals surface area contributed by atoms with Crippen LogP contribution in [0.2, 0.25) is 5.02 Å². The number of carbonyl (C=O) groups is 1. The number of amides is 1. The Balaban J connectivity index is 1.37. The minimum atomic E-state index is -3.48. The van der Waals surface area contributed by atoms with Gasteiger partial charge in [0.1, 0.15) is 11.0 Å². The van der Waals surface area contributed by atoms with Crippen LogP contribution in [-0.2, 0) is 14.8 Å². The Morgan fingerprint density at radius 3 is 2.59 bits per heavy atom. The van der Waals surface area contributed by atoms with Crippen molar-refractivity contribution in [3.8, 4) is 0 Å². The fraction of sp³-hybridized carbons (Fsp3) is 0.278. The van der Waals surface area contributed by atoms with Crippen LogP contribution in [0.5, 0.6) is 0 Å². The molecule has 1 aromatic heterocycles. The number of anilines is 1. The van der Waals surface area contributed by atoms with E-state index in [9.17, 15) is 13.2 Å². The van der Waals surface area contributed by atoms with E-state index < -0.39 is 15.9 Å². The summed E-state index contributed by atoms with van der Waals surface area (Å²) in [6, 6.07) is 11.1. The molecule has 1 fully saturated rings. The van der Waals surface area contributed by atoms with E-state index in [0.717, 1.165) is 17.7 Å². The number of fused-ring (bicyclic) bond motifs is 1. The molecule has 4 rings (SSSR count). The van der Waals surface area contributed by atoms with Crippen molar-refractivity contribution in [2.75, 3.05) is 25.0 Å². The number of hydrogen-bond donors (Lipinski definition) is 1. The molecule has 1 amide bonds. The predicted molar refractivity (Wildman–Crippen MR) is 107 cm³/mol. The van der Waals surface area contributed by atoms with E-state index in [-0.39, 0.29) is 11.5 Å². The fourth-order valence-electron chi connectivity index (χ4n) is 3.07. The summed E-state index contributed by atoms with van der Waals surface area (Å²) < 4.78 is 26.5. The van der Waals surface area contributed by atoms with Gasteiger partial charge in [-0.05, 0) is 60.5 Å². The molecule has 2 heterocycles. The number of nitrogens with zero attached hydrogens (tertiary/aromatic N) is 4. The molecule has 3 aromatic rings. The summed E-state index contributed by atoms with van der Waals surface area (Å²) in [5.74, 6) is -0.425. The van der Waals surface area contributed by atoms with Crippen molar-refractivity contribution in [1.82, 2.24) is 19.5 Å². The third kappa shape index (κ3) is 4.19. The molecule has 0 radical (unpaired) electrons. The Labute approximate surface area is 172 Å². The maximum absolute atomic E-state index is 12.5. The summed E-state index contributed by atoms with van der Waals surface area (Å²) >= 11 is 5.95. The lowest BCUT2D eigenvalue weighted by Crippen LogP contribution is -2.28. The van der Waals surface area contributed by atoms with Crippen LogP contribution in [0.15, 0.2) is 47.4 Å². The zero-order valence-electron chi connectivity index (χ0n) is 15.3. The van der Waals surface area contributed by atoms with Crippen LogP contribution in [0.1, 0.15) is 12.8 Å². The average molecular weight is 436 g/mol. The Bertz CT molecular complexity index is 1140. The van der Waals surface area contributed by atoms with Crippen molar-refractivity contribution in [3.63, 3.8) is 0 Å². The molecule has 1 aliphatic heterocycles. The lowest BCUT2D eigenvalue weighted by molar-refractivity contribution is -0.121. The van der Waals surface area contributed by atoms with Gasteiger partial charge in [-0.15, -0.1) is 5.10 Å². The molecule has 29 heavy (non-hydrogen) atoms. The molecule has 0 atom stereocenters. The van der Waals surface area contributed by atoms with E-state index >= 15 is 0 Å². The Morgan fingerprint density at radius 1 is 1.14 bits per heavy atom. The zero-order valence-corrected chi connectivity index (χ0v) is 16.9. The van der Waals surface area contributed by atoms with Crippen LogP contribution in [0.25, 0.3) is 11.0 Å². The highest BCUT2D eigenvalue weighted by molar-refractivity contribution is 7.89. The molecule has 0 aliphatic carbocycles. The lowest BCUT2D eigenvalue weighted by Gasteiger charge is -2.15.